The molecule has 0 atom stereocenters. The highest BCUT2D eigenvalue weighted by Gasteiger charge is 2.19. The maximum atomic E-state index is 12.5. The van der Waals surface area contributed by atoms with Crippen LogP contribution in [-0.2, 0) is 0 Å². The van der Waals surface area contributed by atoms with Crippen molar-refractivity contribution < 1.29 is 4.79 Å². The van der Waals surface area contributed by atoms with Crippen molar-refractivity contribution in [3.05, 3.63) is 60.0 Å². The highest BCUT2D eigenvalue weighted by molar-refractivity contribution is 5.84. The zero-order valence-corrected chi connectivity index (χ0v) is 11.3. The standard InChI is InChI=1S/C15H14N4O/c1-11-12(2)17-19(15(20)18-10-6-9-16-18)14(11)13-7-4-3-5-8-13/h3-10H,1-2H3. The van der Waals surface area contributed by atoms with E-state index in [1.54, 1.807) is 18.5 Å². The minimum atomic E-state index is -0.287. The molecule has 0 saturated carbocycles. The van der Waals surface area contributed by atoms with Crippen molar-refractivity contribution >= 4 is 6.03 Å². The third-order valence-corrected chi connectivity index (χ3v) is 3.29. The number of hydrogen-bond acceptors (Lipinski definition) is 3. The summed E-state index contributed by atoms with van der Waals surface area (Å²) in [5.41, 5.74) is 3.61. The van der Waals surface area contributed by atoms with Crippen LogP contribution in [-0.4, -0.2) is 25.6 Å². The van der Waals surface area contributed by atoms with Gasteiger partial charge in [-0.1, -0.05) is 30.3 Å². The van der Waals surface area contributed by atoms with E-state index in [0.29, 0.717) is 0 Å². The normalized spacial score (nSPS) is 10.7. The molecule has 3 aromatic rings. The fourth-order valence-corrected chi connectivity index (χ4v) is 2.16. The number of rotatable bonds is 1. The van der Waals surface area contributed by atoms with Gasteiger partial charge < -0.3 is 0 Å². The van der Waals surface area contributed by atoms with Crippen molar-refractivity contribution in [3.63, 3.8) is 0 Å². The minimum Gasteiger partial charge on any atom is -0.244 e. The van der Waals surface area contributed by atoms with E-state index in [0.717, 1.165) is 22.5 Å². The summed E-state index contributed by atoms with van der Waals surface area (Å²) >= 11 is 0. The smallest absolute Gasteiger partial charge is 0.244 e. The van der Waals surface area contributed by atoms with Gasteiger partial charge in [-0.25, -0.2) is 4.79 Å². The van der Waals surface area contributed by atoms with Crippen molar-refractivity contribution in [3.8, 4) is 11.3 Å². The summed E-state index contributed by atoms with van der Waals surface area (Å²) in [4.78, 5) is 12.5. The van der Waals surface area contributed by atoms with Gasteiger partial charge in [0.15, 0.2) is 0 Å². The Balaban J connectivity index is 2.18. The molecule has 2 aromatic heterocycles. The number of benzene rings is 1. The van der Waals surface area contributed by atoms with Crippen LogP contribution in [0.5, 0.6) is 0 Å². The molecule has 0 saturated heterocycles. The Morgan fingerprint density at radius 2 is 1.85 bits per heavy atom. The number of nitrogens with zero attached hydrogens (tertiary/aromatic N) is 4. The Morgan fingerprint density at radius 1 is 1.10 bits per heavy atom. The van der Waals surface area contributed by atoms with Crippen LogP contribution in [0.1, 0.15) is 11.3 Å². The molecule has 0 unspecified atom stereocenters. The van der Waals surface area contributed by atoms with Crippen molar-refractivity contribution in [2.75, 3.05) is 0 Å². The molecular formula is C15H14N4O. The quantitative estimate of drug-likeness (QED) is 0.680. The monoisotopic (exact) mass is 266 g/mol. The van der Waals surface area contributed by atoms with E-state index in [4.69, 9.17) is 0 Å². The summed E-state index contributed by atoms with van der Waals surface area (Å²) in [6.45, 7) is 3.87. The van der Waals surface area contributed by atoms with Gasteiger partial charge in [0.05, 0.1) is 11.4 Å². The molecule has 5 heteroatoms. The van der Waals surface area contributed by atoms with Gasteiger partial charge in [0, 0.05) is 18.0 Å². The molecule has 0 bridgehead atoms. The average molecular weight is 266 g/mol. The summed E-state index contributed by atoms with van der Waals surface area (Å²) in [6, 6.07) is 11.2. The third-order valence-electron chi connectivity index (χ3n) is 3.29. The largest absolute Gasteiger partial charge is 0.369 e. The van der Waals surface area contributed by atoms with E-state index in [-0.39, 0.29) is 6.03 Å². The third kappa shape index (κ3) is 1.93. The molecule has 2 heterocycles. The van der Waals surface area contributed by atoms with Crippen LogP contribution in [0.2, 0.25) is 0 Å². The lowest BCUT2D eigenvalue weighted by atomic mass is 10.1. The van der Waals surface area contributed by atoms with Gasteiger partial charge in [0.25, 0.3) is 0 Å². The maximum Gasteiger partial charge on any atom is 0.369 e. The summed E-state index contributed by atoms with van der Waals surface area (Å²) in [5.74, 6) is 0. The lowest BCUT2D eigenvalue weighted by molar-refractivity contribution is 0.238. The molecule has 5 nitrogen and oxygen atoms in total. The molecule has 0 spiro atoms. The number of hydrogen-bond donors (Lipinski definition) is 0. The van der Waals surface area contributed by atoms with Crippen LogP contribution < -0.4 is 0 Å². The molecule has 0 aliphatic carbocycles. The first-order valence-electron chi connectivity index (χ1n) is 6.34. The summed E-state index contributed by atoms with van der Waals surface area (Å²) in [5, 5.41) is 8.32. The first-order chi connectivity index (χ1) is 9.68. The molecule has 0 fully saturated rings. The fraction of sp³-hybridized carbons (Fsp3) is 0.133. The molecule has 100 valence electrons. The highest BCUT2D eigenvalue weighted by Crippen LogP contribution is 2.25. The lowest BCUT2D eigenvalue weighted by Crippen LogP contribution is -2.22. The summed E-state index contributed by atoms with van der Waals surface area (Å²) in [6.07, 6.45) is 3.19. The molecule has 20 heavy (non-hydrogen) atoms. The molecule has 1 aromatic carbocycles. The molecule has 0 amide bonds. The van der Waals surface area contributed by atoms with Crippen LogP contribution in [0.15, 0.2) is 48.8 Å². The minimum absolute atomic E-state index is 0.287. The zero-order valence-electron chi connectivity index (χ0n) is 11.3. The fourth-order valence-electron chi connectivity index (χ4n) is 2.16. The van der Waals surface area contributed by atoms with Crippen molar-refractivity contribution in [2.45, 2.75) is 13.8 Å². The van der Waals surface area contributed by atoms with Crippen molar-refractivity contribution in [2.24, 2.45) is 0 Å². The van der Waals surface area contributed by atoms with Gasteiger partial charge in [0.2, 0.25) is 0 Å². The predicted molar refractivity (Wildman–Crippen MR) is 75.6 cm³/mol. The highest BCUT2D eigenvalue weighted by atomic mass is 16.2. The molecular weight excluding hydrogens is 252 g/mol. The number of carbonyl (C=O) groups excluding carboxylic acids is 1. The second-order valence-corrected chi connectivity index (χ2v) is 4.57. The average Bonchev–Trinajstić information content (AvgIpc) is 3.09. The Hall–Kier alpha value is -2.69. The summed E-state index contributed by atoms with van der Waals surface area (Å²) in [7, 11) is 0. The van der Waals surface area contributed by atoms with Gasteiger partial charge in [-0.15, -0.1) is 0 Å². The Morgan fingerprint density at radius 3 is 2.50 bits per heavy atom. The summed E-state index contributed by atoms with van der Waals surface area (Å²) < 4.78 is 2.69. The van der Waals surface area contributed by atoms with E-state index in [2.05, 4.69) is 10.2 Å². The van der Waals surface area contributed by atoms with Crippen LogP contribution in [0, 0.1) is 13.8 Å². The van der Waals surface area contributed by atoms with Gasteiger partial charge >= 0.3 is 6.03 Å². The first-order valence-corrected chi connectivity index (χ1v) is 6.34. The molecule has 0 aliphatic heterocycles. The number of aryl methyl sites for hydroxylation is 1. The van der Waals surface area contributed by atoms with Crippen LogP contribution in [0.3, 0.4) is 0 Å². The van der Waals surface area contributed by atoms with Crippen LogP contribution in [0.25, 0.3) is 11.3 Å². The maximum absolute atomic E-state index is 12.5. The lowest BCUT2D eigenvalue weighted by Gasteiger charge is -2.07. The molecule has 0 N–H and O–H groups in total. The van der Waals surface area contributed by atoms with Crippen LogP contribution >= 0.6 is 0 Å². The second kappa shape index (κ2) is 4.77. The van der Waals surface area contributed by atoms with Crippen LogP contribution in [0.4, 0.5) is 4.79 Å². The molecule has 3 rings (SSSR count). The molecule has 0 radical (unpaired) electrons. The topological polar surface area (TPSA) is 52.7 Å². The predicted octanol–water partition coefficient (Wildman–Crippen LogP) is 2.88. The van der Waals surface area contributed by atoms with Gasteiger partial charge in [0.1, 0.15) is 0 Å². The van der Waals surface area contributed by atoms with E-state index in [1.165, 1.54) is 9.36 Å². The first kappa shape index (κ1) is 12.3. The van der Waals surface area contributed by atoms with Gasteiger partial charge in [-0.2, -0.15) is 19.6 Å². The van der Waals surface area contributed by atoms with E-state index < -0.39 is 0 Å². The molecule has 0 aliphatic rings. The number of aromatic nitrogens is 4. The van der Waals surface area contributed by atoms with Gasteiger partial charge in [-0.3, -0.25) is 0 Å². The van der Waals surface area contributed by atoms with E-state index in [1.807, 2.05) is 44.2 Å². The Labute approximate surface area is 116 Å². The SMILES string of the molecule is Cc1nn(C(=O)n2cccn2)c(-c2ccccc2)c1C. The van der Waals surface area contributed by atoms with E-state index in [9.17, 15) is 4.79 Å². The zero-order chi connectivity index (χ0) is 14.1. The Bertz CT molecular complexity index is 742. The van der Waals surface area contributed by atoms with E-state index >= 15 is 0 Å². The van der Waals surface area contributed by atoms with Gasteiger partial charge in [-0.05, 0) is 25.5 Å². The second-order valence-electron chi connectivity index (χ2n) is 4.57. The van der Waals surface area contributed by atoms with Crippen molar-refractivity contribution in [1.82, 2.24) is 19.6 Å². The Kier molecular flexibility index (Phi) is 2.95. The van der Waals surface area contributed by atoms with Crippen molar-refractivity contribution in [1.29, 1.82) is 0 Å². The number of carbonyl (C=O) groups is 1.